The van der Waals surface area contributed by atoms with Gasteiger partial charge < -0.3 is 4.43 Å². The summed E-state index contributed by atoms with van der Waals surface area (Å²) < 4.78 is 5.50. The van der Waals surface area contributed by atoms with Crippen LogP contribution in [0.2, 0.25) is 6.55 Å². The zero-order valence-electron chi connectivity index (χ0n) is 7.14. The van der Waals surface area contributed by atoms with Crippen molar-refractivity contribution < 1.29 is 4.43 Å². The van der Waals surface area contributed by atoms with Gasteiger partial charge in [0, 0.05) is 0 Å². The molecule has 11 heavy (non-hydrogen) atoms. The molecule has 2 heteroatoms. The molecule has 0 N–H and O–H groups in total. The molecule has 0 heterocycles. The quantitative estimate of drug-likeness (QED) is 0.610. The molecule has 2 radical (unpaired) electrons. The second-order valence-electron chi connectivity index (χ2n) is 2.53. The van der Waals surface area contributed by atoms with Crippen molar-refractivity contribution in [1.82, 2.24) is 0 Å². The Balaban J connectivity index is 3.00. The molecule has 1 nitrogen and oxygen atoms in total. The van der Waals surface area contributed by atoms with Crippen LogP contribution >= 0.6 is 0 Å². The first-order chi connectivity index (χ1) is 5.25. The molecule has 0 fully saturated rings. The van der Waals surface area contributed by atoms with Gasteiger partial charge in [0.1, 0.15) is 5.75 Å². The number of benzene rings is 1. The van der Waals surface area contributed by atoms with E-state index in [4.69, 9.17) is 4.43 Å². The summed E-state index contributed by atoms with van der Waals surface area (Å²) in [5.41, 5.74) is 2.44. The molecular formula is C9H12OSi. The molecule has 0 aliphatic carbocycles. The smallest absolute Gasteiger partial charge is 0.307 e. The third-order valence-electron chi connectivity index (χ3n) is 1.61. The summed E-state index contributed by atoms with van der Waals surface area (Å²) in [7, 11) is 0.528. The van der Waals surface area contributed by atoms with Gasteiger partial charge in [-0.1, -0.05) is 18.2 Å². The number of para-hydroxylation sites is 1. The zero-order valence-corrected chi connectivity index (χ0v) is 8.14. The van der Waals surface area contributed by atoms with Gasteiger partial charge in [0.25, 0.3) is 0 Å². The molecule has 0 saturated heterocycles. The van der Waals surface area contributed by atoms with Crippen molar-refractivity contribution in [1.29, 1.82) is 0 Å². The van der Waals surface area contributed by atoms with Gasteiger partial charge in [-0.05, 0) is 31.5 Å². The number of aryl methyl sites for hydroxylation is 2. The summed E-state index contributed by atoms with van der Waals surface area (Å²) in [6.07, 6.45) is 0. The van der Waals surface area contributed by atoms with Crippen LogP contribution in [0.25, 0.3) is 0 Å². The van der Waals surface area contributed by atoms with Gasteiger partial charge in [-0.15, -0.1) is 0 Å². The Labute approximate surface area is 70.3 Å². The van der Waals surface area contributed by atoms with Crippen LogP contribution in [0.15, 0.2) is 18.2 Å². The van der Waals surface area contributed by atoms with E-state index >= 15 is 0 Å². The Morgan fingerprint density at radius 2 is 1.73 bits per heavy atom. The molecule has 0 saturated carbocycles. The van der Waals surface area contributed by atoms with Crippen LogP contribution < -0.4 is 4.43 Å². The van der Waals surface area contributed by atoms with Gasteiger partial charge in [-0.2, -0.15) is 0 Å². The SMILES string of the molecule is C[Si]Oc1c(C)cccc1C. The third-order valence-corrected chi connectivity index (χ3v) is 2.02. The molecule has 0 bridgehead atoms. The average molecular weight is 164 g/mol. The maximum absolute atomic E-state index is 5.50. The van der Waals surface area contributed by atoms with Crippen LogP contribution in [0.1, 0.15) is 11.1 Å². The minimum atomic E-state index is 0.528. The van der Waals surface area contributed by atoms with E-state index in [2.05, 4.69) is 32.0 Å². The molecule has 0 aliphatic heterocycles. The Morgan fingerprint density at radius 1 is 1.18 bits per heavy atom. The maximum atomic E-state index is 5.50. The van der Waals surface area contributed by atoms with E-state index in [1.165, 1.54) is 11.1 Å². The number of hydrogen-bond donors (Lipinski definition) is 0. The first-order valence-electron chi connectivity index (χ1n) is 3.65. The lowest BCUT2D eigenvalue weighted by Crippen LogP contribution is -1.99. The lowest BCUT2D eigenvalue weighted by molar-refractivity contribution is 0.589. The van der Waals surface area contributed by atoms with Gasteiger partial charge in [-0.25, -0.2) is 0 Å². The van der Waals surface area contributed by atoms with Gasteiger partial charge in [0.15, 0.2) is 0 Å². The summed E-state index contributed by atoms with van der Waals surface area (Å²) in [4.78, 5) is 0. The fraction of sp³-hybridized carbons (Fsp3) is 0.333. The van der Waals surface area contributed by atoms with Crippen molar-refractivity contribution in [2.24, 2.45) is 0 Å². The van der Waals surface area contributed by atoms with Crippen molar-refractivity contribution in [2.75, 3.05) is 0 Å². The van der Waals surface area contributed by atoms with Crippen molar-refractivity contribution >= 4 is 9.76 Å². The van der Waals surface area contributed by atoms with E-state index in [1.807, 2.05) is 6.55 Å². The second-order valence-corrected chi connectivity index (χ2v) is 3.14. The predicted octanol–water partition coefficient (Wildman–Crippen LogP) is 2.35. The molecule has 1 aromatic carbocycles. The fourth-order valence-corrected chi connectivity index (χ4v) is 1.59. The van der Waals surface area contributed by atoms with Crippen molar-refractivity contribution in [3.05, 3.63) is 29.3 Å². The summed E-state index contributed by atoms with van der Waals surface area (Å²) >= 11 is 0. The molecule has 0 atom stereocenters. The van der Waals surface area contributed by atoms with Gasteiger partial charge in [-0.3, -0.25) is 0 Å². The Bertz CT molecular complexity index is 225. The molecule has 0 spiro atoms. The van der Waals surface area contributed by atoms with Crippen LogP contribution in [0.3, 0.4) is 0 Å². The van der Waals surface area contributed by atoms with Crippen LogP contribution in [0, 0.1) is 13.8 Å². The monoisotopic (exact) mass is 164 g/mol. The highest BCUT2D eigenvalue weighted by Gasteiger charge is 2.00. The van der Waals surface area contributed by atoms with E-state index in [9.17, 15) is 0 Å². The Hall–Kier alpha value is -0.763. The van der Waals surface area contributed by atoms with Crippen LogP contribution in [-0.2, 0) is 0 Å². The molecule has 1 aromatic rings. The molecule has 58 valence electrons. The van der Waals surface area contributed by atoms with Gasteiger partial charge in [0.05, 0.1) is 0 Å². The lowest BCUT2D eigenvalue weighted by Gasteiger charge is -2.08. The Kier molecular flexibility index (Phi) is 2.71. The first kappa shape index (κ1) is 8.33. The van der Waals surface area contributed by atoms with E-state index in [0.717, 1.165) is 5.75 Å². The topological polar surface area (TPSA) is 9.23 Å². The van der Waals surface area contributed by atoms with E-state index in [0.29, 0.717) is 9.76 Å². The van der Waals surface area contributed by atoms with Crippen molar-refractivity contribution in [2.45, 2.75) is 20.4 Å². The molecule has 0 unspecified atom stereocenters. The molecule has 0 aliphatic rings. The normalized spacial score (nSPS) is 9.73. The highest BCUT2D eigenvalue weighted by atomic mass is 28.2. The summed E-state index contributed by atoms with van der Waals surface area (Å²) in [6.45, 7) is 6.18. The highest BCUT2D eigenvalue weighted by Crippen LogP contribution is 2.21. The van der Waals surface area contributed by atoms with Gasteiger partial charge >= 0.3 is 9.76 Å². The number of rotatable bonds is 2. The summed E-state index contributed by atoms with van der Waals surface area (Å²) in [6, 6.07) is 6.20. The van der Waals surface area contributed by atoms with Crippen LogP contribution in [0.4, 0.5) is 0 Å². The minimum absolute atomic E-state index is 0.528. The zero-order chi connectivity index (χ0) is 8.27. The van der Waals surface area contributed by atoms with E-state index < -0.39 is 0 Å². The van der Waals surface area contributed by atoms with Crippen molar-refractivity contribution in [3.63, 3.8) is 0 Å². The first-order valence-corrected chi connectivity index (χ1v) is 5.06. The van der Waals surface area contributed by atoms with Gasteiger partial charge in [0.2, 0.25) is 0 Å². The standard InChI is InChI=1S/C9H12OSi/c1-7-5-4-6-8(2)9(7)10-11-3/h4-6H,1-3H3. The van der Waals surface area contributed by atoms with Crippen LogP contribution in [-0.4, -0.2) is 9.76 Å². The summed E-state index contributed by atoms with van der Waals surface area (Å²) in [5.74, 6) is 1.05. The minimum Gasteiger partial charge on any atom is -0.541 e. The van der Waals surface area contributed by atoms with E-state index in [-0.39, 0.29) is 0 Å². The predicted molar refractivity (Wildman–Crippen MR) is 48.2 cm³/mol. The number of hydrogen-bond acceptors (Lipinski definition) is 1. The molecule has 1 rings (SSSR count). The molecular weight excluding hydrogens is 152 g/mol. The average Bonchev–Trinajstić information content (AvgIpc) is 1.97. The van der Waals surface area contributed by atoms with Crippen molar-refractivity contribution in [3.8, 4) is 5.75 Å². The maximum Gasteiger partial charge on any atom is 0.307 e. The Morgan fingerprint density at radius 3 is 2.18 bits per heavy atom. The van der Waals surface area contributed by atoms with Crippen LogP contribution in [0.5, 0.6) is 5.75 Å². The largest absolute Gasteiger partial charge is 0.541 e. The molecule has 0 aromatic heterocycles. The fourth-order valence-electron chi connectivity index (χ4n) is 1.06. The lowest BCUT2D eigenvalue weighted by atomic mass is 10.1. The third kappa shape index (κ3) is 1.83. The van der Waals surface area contributed by atoms with E-state index in [1.54, 1.807) is 0 Å². The summed E-state index contributed by atoms with van der Waals surface area (Å²) in [5, 5.41) is 0. The molecule has 0 amide bonds. The second kappa shape index (κ2) is 3.58. The highest BCUT2D eigenvalue weighted by molar-refractivity contribution is 6.26.